The van der Waals surface area contributed by atoms with Crippen LogP contribution in [0.2, 0.25) is 0 Å². The molecule has 2 heteroatoms. The largest absolute Gasteiger partial charge is 0.385 e. The predicted octanol–water partition coefficient (Wildman–Crippen LogP) is 6.15. The molecule has 4 unspecified atom stereocenters. The Morgan fingerprint density at radius 1 is 0.577 bits per heavy atom. The third-order valence-corrected chi connectivity index (χ3v) is 6.69. The summed E-state index contributed by atoms with van der Waals surface area (Å²) >= 11 is 0. The van der Waals surface area contributed by atoms with E-state index >= 15 is 0 Å². The minimum atomic E-state index is 0.801. The summed E-state index contributed by atoms with van der Waals surface area (Å²) < 4.78 is 0. The van der Waals surface area contributed by atoms with E-state index in [0.29, 0.717) is 0 Å². The van der Waals surface area contributed by atoms with E-state index in [2.05, 4.69) is 92.1 Å². The van der Waals surface area contributed by atoms with Gasteiger partial charge >= 0.3 is 0 Å². The van der Waals surface area contributed by atoms with Gasteiger partial charge in [0.1, 0.15) is 0 Å². The van der Waals surface area contributed by atoms with Crippen molar-refractivity contribution in [1.82, 2.24) is 0 Å². The van der Waals surface area contributed by atoms with Crippen LogP contribution in [0.15, 0.2) is 60.7 Å². The minimum absolute atomic E-state index is 0.801. The van der Waals surface area contributed by atoms with Gasteiger partial charge in [0.15, 0.2) is 0 Å². The average Bonchev–Trinajstić information content (AvgIpc) is 2.87. The lowest BCUT2D eigenvalue weighted by molar-refractivity contribution is 0.295. The molecule has 0 bridgehead atoms. The van der Waals surface area contributed by atoms with Gasteiger partial charge in [-0.3, -0.25) is 0 Å². The molecule has 140 valence electrons. The molecule has 26 heavy (non-hydrogen) atoms. The molecule has 2 aromatic carbocycles. The molecular formula is C24H34N2. The smallest absolute Gasteiger partial charge is 0.0340 e. The molecule has 2 nitrogen and oxygen atoms in total. The van der Waals surface area contributed by atoms with Gasteiger partial charge in [0.2, 0.25) is 0 Å². The first-order chi connectivity index (χ1) is 12.7. The van der Waals surface area contributed by atoms with E-state index in [0.717, 1.165) is 42.7 Å². The number of hydrogen-bond donors (Lipinski definition) is 2. The number of anilines is 2. The van der Waals surface area contributed by atoms with E-state index in [1.54, 1.807) is 0 Å². The molecule has 0 heterocycles. The Labute approximate surface area is 159 Å². The standard InChI is InChI=1S/C24H34N2/c1-18-19(2)24(15-17-26-22-12-8-5-9-13-22)20(3)23(18)14-16-25-21-10-6-4-7-11-21/h4-13,18-20,23-26H,14-17H2,1-3H3. The highest BCUT2D eigenvalue weighted by molar-refractivity contribution is 5.42. The second-order valence-corrected chi connectivity index (χ2v) is 8.07. The summed E-state index contributed by atoms with van der Waals surface area (Å²) in [5.41, 5.74) is 2.48. The van der Waals surface area contributed by atoms with E-state index in [1.165, 1.54) is 24.2 Å². The van der Waals surface area contributed by atoms with Crippen LogP contribution in [0, 0.1) is 29.6 Å². The molecule has 0 radical (unpaired) electrons. The number of nitrogens with one attached hydrogen (secondary N) is 2. The predicted molar refractivity (Wildman–Crippen MR) is 114 cm³/mol. The van der Waals surface area contributed by atoms with Gasteiger partial charge in [-0.2, -0.15) is 0 Å². The highest BCUT2D eigenvalue weighted by Crippen LogP contribution is 2.48. The van der Waals surface area contributed by atoms with Crippen molar-refractivity contribution >= 4 is 11.4 Å². The van der Waals surface area contributed by atoms with Gasteiger partial charge in [0.05, 0.1) is 0 Å². The van der Waals surface area contributed by atoms with Crippen LogP contribution in [0.5, 0.6) is 0 Å². The summed E-state index contributed by atoms with van der Waals surface area (Å²) in [6.45, 7) is 9.58. The topological polar surface area (TPSA) is 24.1 Å². The SMILES string of the molecule is CC1C(C)C(CCNc2ccccc2)C(C)C1CCNc1ccccc1. The monoisotopic (exact) mass is 350 g/mol. The Morgan fingerprint density at radius 2 is 0.962 bits per heavy atom. The summed E-state index contributed by atoms with van der Waals surface area (Å²) in [5, 5.41) is 7.19. The first-order valence-electron chi connectivity index (χ1n) is 10.2. The highest BCUT2D eigenvalue weighted by Gasteiger charge is 2.42. The molecule has 0 saturated heterocycles. The summed E-state index contributed by atoms with van der Waals surface area (Å²) in [4.78, 5) is 0. The van der Waals surface area contributed by atoms with E-state index in [-0.39, 0.29) is 0 Å². The van der Waals surface area contributed by atoms with Crippen molar-refractivity contribution in [3.8, 4) is 0 Å². The Bertz CT molecular complexity index is 582. The second kappa shape index (κ2) is 9.12. The highest BCUT2D eigenvalue weighted by atomic mass is 14.9. The maximum absolute atomic E-state index is 3.59. The lowest BCUT2D eigenvalue weighted by atomic mass is 9.85. The van der Waals surface area contributed by atoms with Gasteiger partial charge in [-0.15, -0.1) is 0 Å². The lowest BCUT2D eigenvalue weighted by Gasteiger charge is -2.23. The molecule has 0 amide bonds. The Hall–Kier alpha value is -1.96. The zero-order chi connectivity index (χ0) is 18.4. The van der Waals surface area contributed by atoms with Gasteiger partial charge in [0, 0.05) is 24.5 Å². The second-order valence-electron chi connectivity index (χ2n) is 8.07. The van der Waals surface area contributed by atoms with E-state index < -0.39 is 0 Å². The minimum Gasteiger partial charge on any atom is -0.385 e. The molecule has 2 N–H and O–H groups in total. The fourth-order valence-corrected chi connectivity index (χ4v) is 4.98. The third kappa shape index (κ3) is 4.60. The van der Waals surface area contributed by atoms with Crippen LogP contribution in [0.1, 0.15) is 33.6 Å². The summed E-state index contributed by atoms with van der Waals surface area (Å²) in [6, 6.07) is 21.2. The molecule has 0 aromatic heterocycles. The quantitative estimate of drug-likeness (QED) is 0.597. The lowest BCUT2D eigenvalue weighted by Crippen LogP contribution is -2.19. The zero-order valence-corrected chi connectivity index (χ0v) is 16.5. The van der Waals surface area contributed by atoms with Crippen LogP contribution in [0.25, 0.3) is 0 Å². The summed E-state index contributed by atoms with van der Waals surface area (Å²) in [7, 11) is 0. The van der Waals surface area contributed by atoms with Crippen molar-refractivity contribution in [2.24, 2.45) is 29.6 Å². The van der Waals surface area contributed by atoms with Crippen molar-refractivity contribution in [2.75, 3.05) is 23.7 Å². The van der Waals surface area contributed by atoms with Crippen LogP contribution in [0.4, 0.5) is 11.4 Å². The molecule has 1 saturated carbocycles. The van der Waals surface area contributed by atoms with Gasteiger partial charge in [-0.25, -0.2) is 0 Å². The van der Waals surface area contributed by atoms with Crippen LogP contribution < -0.4 is 10.6 Å². The van der Waals surface area contributed by atoms with Gasteiger partial charge < -0.3 is 10.6 Å². The van der Waals surface area contributed by atoms with E-state index in [4.69, 9.17) is 0 Å². The molecule has 1 aliphatic carbocycles. The summed E-state index contributed by atoms with van der Waals surface area (Å²) in [5.74, 6) is 4.06. The van der Waals surface area contributed by atoms with Crippen molar-refractivity contribution in [3.63, 3.8) is 0 Å². The van der Waals surface area contributed by atoms with Crippen molar-refractivity contribution in [1.29, 1.82) is 0 Å². The first kappa shape index (κ1) is 18.8. The van der Waals surface area contributed by atoms with Crippen LogP contribution in [-0.4, -0.2) is 13.1 Å². The number of benzene rings is 2. The molecule has 2 aromatic rings. The molecule has 0 aliphatic heterocycles. The van der Waals surface area contributed by atoms with Crippen molar-refractivity contribution in [2.45, 2.75) is 33.6 Å². The average molecular weight is 351 g/mol. The molecule has 3 rings (SSSR count). The summed E-state index contributed by atoms with van der Waals surface area (Å²) in [6.07, 6.45) is 2.54. The van der Waals surface area contributed by atoms with E-state index in [1.807, 2.05) is 0 Å². The van der Waals surface area contributed by atoms with Crippen molar-refractivity contribution < 1.29 is 0 Å². The normalized spacial score (nSPS) is 28.0. The number of para-hydroxylation sites is 2. The van der Waals surface area contributed by atoms with E-state index in [9.17, 15) is 0 Å². The van der Waals surface area contributed by atoms with Crippen molar-refractivity contribution in [3.05, 3.63) is 60.7 Å². The molecule has 1 fully saturated rings. The van der Waals surface area contributed by atoms with Gasteiger partial charge in [0.25, 0.3) is 0 Å². The van der Waals surface area contributed by atoms with Gasteiger partial charge in [-0.05, 0) is 66.7 Å². The fourth-order valence-electron chi connectivity index (χ4n) is 4.98. The molecular weight excluding hydrogens is 316 g/mol. The zero-order valence-electron chi connectivity index (χ0n) is 16.5. The Kier molecular flexibility index (Phi) is 6.60. The third-order valence-electron chi connectivity index (χ3n) is 6.69. The molecule has 1 aliphatic rings. The van der Waals surface area contributed by atoms with Crippen LogP contribution in [0.3, 0.4) is 0 Å². The van der Waals surface area contributed by atoms with Crippen LogP contribution in [-0.2, 0) is 0 Å². The Balaban J connectivity index is 1.47. The number of rotatable bonds is 8. The Morgan fingerprint density at radius 3 is 1.35 bits per heavy atom. The van der Waals surface area contributed by atoms with Gasteiger partial charge in [-0.1, -0.05) is 57.2 Å². The first-order valence-corrected chi connectivity index (χ1v) is 10.2. The van der Waals surface area contributed by atoms with Crippen LogP contribution >= 0.6 is 0 Å². The maximum atomic E-state index is 3.59. The maximum Gasteiger partial charge on any atom is 0.0340 e. The number of hydrogen-bond acceptors (Lipinski definition) is 2. The fraction of sp³-hybridized carbons (Fsp3) is 0.500. The molecule has 0 spiro atoms. The molecule has 4 atom stereocenters.